The van der Waals surface area contributed by atoms with Crippen LogP contribution in [0.4, 0.5) is 13.2 Å². The van der Waals surface area contributed by atoms with E-state index in [1.165, 1.54) is 0 Å². The molecule has 62 valence electrons. The van der Waals surface area contributed by atoms with E-state index in [1.807, 2.05) is 0 Å². The average molecular weight is 183 g/mol. The van der Waals surface area contributed by atoms with Crippen LogP contribution in [0.5, 0.6) is 0 Å². The molecule has 1 N–H and O–H groups in total. The second kappa shape index (κ2) is 2.78. The van der Waals surface area contributed by atoms with Crippen LogP contribution in [0.25, 0.3) is 0 Å². The summed E-state index contributed by atoms with van der Waals surface area (Å²) in [6, 6.07) is 0. The molecule has 11 heavy (non-hydrogen) atoms. The van der Waals surface area contributed by atoms with Gasteiger partial charge in [-0.1, -0.05) is 11.3 Å². The average Bonchev–Trinajstić information content (AvgIpc) is 2.36. The Morgan fingerprint density at radius 3 is 2.73 bits per heavy atom. The Balaban J connectivity index is 2.92. The highest BCUT2D eigenvalue weighted by atomic mass is 32.1. The molecule has 1 atom stereocenters. The molecule has 0 bridgehead atoms. The van der Waals surface area contributed by atoms with Crippen molar-refractivity contribution < 1.29 is 18.3 Å². The highest BCUT2D eigenvalue weighted by molar-refractivity contribution is 7.08. The Morgan fingerprint density at radius 1 is 1.73 bits per heavy atom. The van der Waals surface area contributed by atoms with Crippen LogP contribution in [-0.4, -0.2) is 16.8 Å². The number of hydrogen-bond acceptors (Lipinski definition) is 3. The van der Waals surface area contributed by atoms with Gasteiger partial charge in [0.2, 0.25) is 0 Å². The monoisotopic (exact) mass is 183 g/mol. The minimum absolute atomic E-state index is 0.502. The lowest BCUT2D eigenvalue weighted by molar-refractivity contribution is -0.114. The molecule has 0 amide bonds. The van der Waals surface area contributed by atoms with E-state index in [-0.39, 0.29) is 0 Å². The van der Waals surface area contributed by atoms with Crippen LogP contribution in [0.2, 0.25) is 0 Å². The summed E-state index contributed by atoms with van der Waals surface area (Å²) in [5.41, 5.74) is -0.623. The van der Waals surface area contributed by atoms with Crippen molar-refractivity contribution >= 4 is 11.3 Å². The van der Waals surface area contributed by atoms with E-state index in [0.29, 0.717) is 11.3 Å². The van der Waals surface area contributed by atoms with Gasteiger partial charge >= 0.3 is 0 Å². The number of thiazole rings is 1. The molecule has 0 fully saturated rings. The van der Waals surface area contributed by atoms with Crippen molar-refractivity contribution in [3.63, 3.8) is 0 Å². The van der Waals surface area contributed by atoms with Gasteiger partial charge < -0.3 is 5.11 Å². The van der Waals surface area contributed by atoms with Crippen LogP contribution in [0, 0.1) is 5.26 Å². The molecule has 0 aliphatic rings. The van der Waals surface area contributed by atoms with Gasteiger partial charge in [-0.2, -0.15) is 4.39 Å². The van der Waals surface area contributed by atoms with Crippen LogP contribution < -0.4 is 0 Å². The fourth-order valence-corrected chi connectivity index (χ4v) is 1.09. The number of halogens is 3. The zero-order chi connectivity index (χ0) is 8.48. The Bertz CT molecular complexity index is 250. The predicted octanol–water partition coefficient (Wildman–Crippen LogP) is 1.37. The summed E-state index contributed by atoms with van der Waals surface area (Å²) in [6.45, 7) is -1.63. The van der Waals surface area contributed by atoms with Gasteiger partial charge in [0.05, 0.1) is 0 Å². The maximum Gasteiger partial charge on any atom is 0.279 e. The fourth-order valence-electron chi connectivity index (χ4n) is 0.496. The van der Waals surface area contributed by atoms with Gasteiger partial charge in [-0.3, -0.25) is 0 Å². The first-order valence-electron chi connectivity index (χ1n) is 2.65. The van der Waals surface area contributed by atoms with Crippen LogP contribution in [0.15, 0.2) is 5.38 Å². The minimum Gasteiger partial charge on any atom is -0.355 e. The smallest absolute Gasteiger partial charge is 0.279 e. The van der Waals surface area contributed by atoms with Gasteiger partial charge in [0.25, 0.3) is 11.1 Å². The molecule has 1 unspecified atom stereocenters. The first-order valence-corrected chi connectivity index (χ1v) is 3.53. The maximum atomic E-state index is 12.5. The van der Waals surface area contributed by atoms with Crippen LogP contribution in [0.3, 0.4) is 0 Å². The van der Waals surface area contributed by atoms with Crippen molar-refractivity contribution in [1.82, 2.24) is 4.98 Å². The van der Waals surface area contributed by atoms with E-state index in [4.69, 9.17) is 5.11 Å². The van der Waals surface area contributed by atoms with Gasteiger partial charge in [-0.15, -0.1) is 0 Å². The summed E-state index contributed by atoms with van der Waals surface area (Å²) >= 11 is 0.502. The standard InChI is InChI=1S/C5H4F3NOS/c6-2-5(8,10)3-1-11-4(7)9-3/h1,10H,2H2. The number of rotatable bonds is 2. The van der Waals surface area contributed by atoms with E-state index in [0.717, 1.165) is 5.38 Å². The second-order valence-electron chi connectivity index (χ2n) is 1.88. The van der Waals surface area contributed by atoms with Crippen molar-refractivity contribution in [3.05, 3.63) is 16.3 Å². The SMILES string of the molecule is OC(F)(CF)c1csc(F)n1. The van der Waals surface area contributed by atoms with Gasteiger partial charge in [0.15, 0.2) is 6.67 Å². The molecule has 1 aromatic rings. The van der Waals surface area contributed by atoms with E-state index >= 15 is 0 Å². The third-order valence-electron chi connectivity index (χ3n) is 1.05. The summed E-state index contributed by atoms with van der Waals surface area (Å²) in [5.74, 6) is -3.15. The van der Waals surface area contributed by atoms with E-state index in [2.05, 4.69) is 4.98 Å². The van der Waals surface area contributed by atoms with Crippen molar-refractivity contribution in [3.8, 4) is 0 Å². The number of aromatic nitrogens is 1. The molecular weight excluding hydrogens is 179 g/mol. The first-order chi connectivity index (χ1) is 5.06. The van der Waals surface area contributed by atoms with Crippen molar-refractivity contribution in [2.45, 2.75) is 5.85 Å². The maximum absolute atomic E-state index is 12.5. The summed E-state index contributed by atoms with van der Waals surface area (Å²) in [5, 5.41) is 8.57. The first kappa shape index (κ1) is 8.48. The molecule has 0 saturated carbocycles. The molecule has 0 saturated heterocycles. The second-order valence-corrected chi connectivity index (χ2v) is 2.69. The van der Waals surface area contributed by atoms with Crippen molar-refractivity contribution in [2.75, 3.05) is 6.67 Å². The molecule has 1 aromatic heterocycles. The molecule has 2 nitrogen and oxygen atoms in total. The molecule has 0 aliphatic carbocycles. The molecule has 0 radical (unpaired) electrons. The largest absolute Gasteiger partial charge is 0.355 e. The van der Waals surface area contributed by atoms with Gasteiger partial charge in [-0.05, 0) is 0 Å². The van der Waals surface area contributed by atoms with Crippen LogP contribution in [-0.2, 0) is 5.85 Å². The Morgan fingerprint density at radius 2 is 2.36 bits per heavy atom. The molecule has 1 heterocycles. The van der Waals surface area contributed by atoms with Gasteiger partial charge in [-0.25, -0.2) is 13.8 Å². The highest BCUT2D eigenvalue weighted by Crippen LogP contribution is 2.23. The lowest BCUT2D eigenvalue weighted by atomic mass is 10.3. The van der Waals surface area contributed by atoms with Crippen LogP contribution >= 0.6 is 11.3 Å². The Kier molecular flexibility index (Phi) is 2.15. The Hall–Kier alpha value is -0.620. The molecular formula is C5H4F3NOS. The zero-order valence-corrected chi connectivity index (χ0v) is 6.04. The molecule has 0 aliphatic heterocycles. The quantitative estimate of drug-likeness (QED) is 0.751. The summed E-state index contributed by atoms with van der Waals surface area (Å²) in [7, 11) is 0. The van der Waals surface area contributed by atoms with Crippen molar-refractivity contribution in [2.24, 2.45) is 0 Å². The number of nitrogens with zero attached hydrogens (tertiary/aromatic N) is 1. The highest BCUT2D eigenvalue weighted by Gasteiger charge is 2.31. The number of aliphatic hydroxyl groups is 1. The van der Waals surface area contributed by atoms with Crippen molar-refractivity contribution in [1.29, 1.82) is 0 Å². The summed E-state index contributed by atoms with van der Waals surface area (Å²) < 4.78 is 36.3. The molecule has 6 heteroatoms. The third-order valence-corrected chi connectivity index (χ3v) is 1.67. The van der Waals surface area contributed by atoms with E-state index in [1.54, 1.807) is 0 Å². The summed E-state index contributed by atoms with van der Waals surface area (Å²) in [6.07, 6.45) is 0. The molecule has 0 spiro atoms. The zero-order valence-electron chi connectivity index (χ0n) is 5.22. The third kappa shape index (κ3) is 1.69. The van der Waals surface area contributed by atoms with E-state index < -0.39 is 23.5 Å². The Labute approximate surface area is 64.3 Å². The minimum atomic E-state index is -3.15. The van der Waals surface area contributed by atoms with Gasteiger partial charge in [0, 0.05) is 5.38 Å². The predicted molar refractivity (Wildman–Crippen MR) is 33.1 cm³/mol. The topological polar surface area (TPSA) is 33.1 Å². The van der Waals surface area contributed by atoms with E-state index in [9.17, 15) is 13.2 Å². The summed E-state index contributed by atoms with van der Waals surface area (Å²) in [4.78, 5) is 2.94. The lowest BCUT2D eigenvalue weighted by Crippen LogP contribution is -2.22. The van der Waals surface area contributed by atoms with Gasteiger partial charge in [0.1, 0.15) is 5.69 Å². The molecule has 1 rings (SSSR count). The number of hydrogen-bond donors (Lipinski definition) is 1. The number of alkyl halides is 2. The fraction of sp³-hybridized carbons (Fsp3) is 0.400. The van der Waals surface area contributed by atoms with Crippen LogP contribution in [0.1, 0.15) is 5.69 Å². The lowest BCUT2D eigenvalue weighted by Gasteiger charge is -2.09. The normalized spacial score (nSPS) is 16.4. The molecule has 0 aromatic carbocycles.